The van der Waals surface area contributed by atoms with Crippen molar-refractivity contribution in [1.29, 1.82) is 0 Å². The lowest BCUT2D eigenvalue weighted by Crippen LogP contribution is -2.25. The first-order valence-electron chi connectivity index (χ1n) is 6.06. The van der Waals surface area contributed by atoms with Crippen molar-refractivity contribution in [1.82, 2.24) is 0 Å². The molecular weight excluding hydrogens is 246 g/mol. The summed E-state index contributed by atoms with van der Waals surface area (Å²) in [7, 11) is 0. The summed E-state index contributed by atoms with van der Waals surface area (Å²) in [6.07, 6.45) is 0.149. The van der Waals surface area contributed by atoms with Crippen molar-refractivity contribution in [2.45, 2.75) is 26.3 Å². The number of nitrogen functional groups attached to an aromatic ring is 1. The monoisotopic (exact) mass is 265 g/mol. The number of carbonyl (C=O) groups is 2. The molecule has 6 heteroatoms. The highest BCUT2D eigenvalue weighted by Crippen LogP contribution is 2.25. The average Bonchev–Trinajstić information content (AvgIpc) is 2.31. The number of anilines is 2. The summed E-state index contributed by atoms with van der Waals surface area (Å²) in [4.78, 5) is 22.7. The number of nitrogens with one attached hydrogen (secondary N) is 1. The fourth-order valence-electron chi connectivity index (χ4n) is 1.71. The predicted octanol–water partition coefficient (Wildman–Crippen LogP) is 1.12. The second kappa shape index (κ2) is 6.63. The number of carbonyl (C=O) groups excluding carboxylic acids is 2. The molecule has 0 heterocycles. The molecule has 1 unspecified atom stereocenters. The molecule has 104 valence electrons. The van der Waals surface area contributed by atoms with Crippen molar-refractivity contribution in [3.8, 4) is 0 Å². The van der Waals surface area contributed by atoms with Gasteiger partial charge < -0.3 is 21.5 Å². The SMILES string of the molecule is CCOC(=O)c1cccc(N)c1NC(C)CC(N)=O. The summed E-state index contributed by atoms with van der Waals surface area (Å²) in [6, 6.07) is 4.73. The summed E-state index contributed by atoms with van der Waals surface area (Å²) in [5.74, 6) is -0.879. The van der Waals surface area contributed by atoms with Gasteiger partial charge in [-0.05, 0) is 26.0 Å². The second-order valence-corrected chi connectivity index (χ2v) is 4.21. The first-order valence-corrected chi connectivity index (χ1v) is 6.06. The fraction of sp³-hybridized carbons (Fsp3) is 0.385. The molecular formula is C13H19N3O3. The Bertz CT molecular complexity index is 474. The Balaban J connectivity index is 2.97. The van der Waals surface area contributed by atoms with Gasteiger partial charge in [-0.3, -0.25) is 4.79 Å². The van der Waals surface area contributed by atoms with Crippen molar-refractivity contribution >= 4 is 23.3 Å². The van der Waals surface area contributed by atoms with E-state index in [1.807, 2.05) is 0 Å². The van der Waals surface area contributed by atoms with Crippen LogP contribution < -0.4 is 16.8 Å². The minimum Gasteiger partial charge on any atom is -0.462 e. The second-order valence-electron chi connectivity index (χ2n) is 4.21. The van der Waals surface area contributed by atoms with Gasteiger partial charge in [-0.2, -0.15) is 0 Å². The van der Waals surface area contributed by atoms with E-state index < -0.39 is 11.9 Å². The molecule has 1 amide bonds. The van der Waals surface area contributed by atoms with Crippen LogP contribution in [0.15, 0.2) is 18.2 Å². The molecule has 5 N–H and O–H groups in total. The van der Waals surface area contributed by atoms with E-state index in [1.165, 1.54) is 0 Å². The minimum atomic E-state index is -0.455. The van der Waals surface area contributed by atoms with Gasteiger partial charge in [-0.15, -0.1) is 0 Å². The minimum absolute atomic E-state index is 0.149. The molecule has 0 saturated heterocycles. The van der Waals surface area contributed by atoms with E-state index >= 15 is 0 Å². The molecule has 1 rings (SSSR count). The first kappa shape index (κ1) is 14.8. The van der Waals surface area contributed by atoms with Gasteiger partial charge >= 0.3 is 5.97 Å². The van der Waals surface area contributed by atoms with Gasteiger partial charge in [0.25, 0.3) is 0 Å². The number of ether oxygens (including phenoxy) is 1. The lowest BCUT2D eigenvalue weighted by atomic mass is 10.1. The summed E-state index contributed by atoms with van der Waals surface area (Å²) >= 11 is 0. The predicted molar refractivity (Wildman–Crippen MR) is 73.7 cm³/mol. The number of hydrogen-bond acceptors (Lipinski definition) is 5. The normalized spacial score (nSPS) is 11.7. The van der Waals surface area contributed by atoms with Gasteiger partial charge in [0.15, 0.2) is 0 Å². The zero-order valence-corrected chi connectivity index (χ0v) is 11.1. The van der Waals surface area contributed by atoms with Crippen molar-refractivity contribution in [3.05, 3.63) is 23.8 Å². The van der Waals surface area contributed by atoms with Crippen LogP contribution in [0.5, 0.6) is 0 Å². The van der Waals surface area contributed by atoms with Crippen LogP contribution in [0.2, 0.25) is 0 Å². The Labute approximate surface area is 112 Å². The van der Waals surface area contributed by atoms with Crippen molar-refractivity contribution in [3.63, 3.8) is 0 Å². The van der Waals surface area contributed by atoms with Gasteiger partial charge in [0.2, 0.25) is 5.91 Å². The highest BCUT2D eigenvalue weighted by Gasteiger charge is 2.17. The van der Waals surface area contributed by atoms with E-state index in [2.05, 4.69) is 5.32 Å². The lowest BCUT2D eigenvalue weighted by Gasteiger charge is -2.18. The Morgan fingerprint density at radius 1 is 1.42 bits per heavy atom. The standard InChI is InChI=1S/C13H19N3O3/c1-3-19-13(18)9-5-4-6-10(14)12(9)16-8(2)7-11(15)17/h4-6,8,16H,3,7,14H2,1-2H3,(H2,15,17). The van der Waals surface area contributed by atoms with Crippen molar-refractivity contribution in [2.75, 3.05) is 17.7 Å². The van der Waals surface area contributed by atoms with Crippen LogP contribution in [0, 0.1) is 0 Å². The van der Waals surface area contributed by atoms with Crippen LogP contribution in [-0.2, 0) is 9.53 Å². The highest BCUT2D eigenvalue weighted by atomic mass is 16.5. The number of rotatable bonds is 6. The molecule has 19 heavy (non-hydrogen) atoms. The van der Waals surface area contributed by atoms with E-state index in [9.17, 15) is 9.59 Å². The molecule has 1 atom stereocenters. The molecule has 1 aromatic rings. The van der Waals surface area contributed by atoms with Crippen LogP contribution in [0.3, 0.4) is 0 Å². The topological polar surface area (TPSA) is 107 Å². The summed E-state index contributed by atoms with van der Waals surface area (Å²) in [5.41, 5.74) is 12.2. The van der Waals surface area contributed by atoms with E-state index in [1.54, 1.807) is 32.0 Å². The highest BCUT2D eigenvalue weighted by molar-refractivity contribution is 5.99. The van der Waals surface area contributed by atoms with Crippen LogP contribution in [0.25, 0.3) is 0 Å². The van der Waals surface area contributed by atoms with Crippen LogP contribution in [0.4, 0.5) is 11.4 Å². The molecule has 0 aliphatic heterocycles. The third kappa shape index (κ3) is 4.17. The zero-order chi connectivity index (χ0) is 14.4. The summed E-state index contributed by atoms with van der Waals surface area (Å²) < 4.78 is 4.96. The molecule has 0 spiro atoms. The number of benzene rings is 1. The van der Waals surface area contributed by atoms with Gasteiger partial charge in [0.1, 0.15) is 0 Å². The van der Waals surface area contributed by atoms with Gasteiger partial charge in [-0.25, -0.2) is 4.79 Å². The number of esters is 1. The molecule has 0 aliphatic rings. The van der Waals surface area contributed by atoms with Crippen molar-refractivity contribution < 1.29 is 14.3 Å². The number of primary amides is 1. The van der Waals surface area contributed by atoms with Crippen LogP contribution in [0.1, 0.15) is 30.6 Å². The Kier molecular flexibility index (Phi) is 5.17. The number of hydrogen-bond donors (Lipinski definition) is 3. The average molecular weight is 265 g/mol. The van der Waals surface area contributed by atoms with Gasteiger partial charge in [0.05, 0.1) is 23.5 Å². The van der Waals surface area contributed by atoms with E-state index in [-0.39, 0.29) is 19.1 Å². The number of para-hydroxylation sites is 1. The molecule has 1 aromatic carbocycles. The van der Waals surface area contributed by atoms with Crippen LogP contribution in [-0.4, -0.2) is 24.5 Å². The van der Waals surface area contributed by atoms with Gasteiger partial charge in [0, 0.05) is 12.5 Å². The van der Waals surface area contributed by atoms with E-state index in [0.717, 1.165) is 0 Å². The number of nitrogens with two attached hydrogens (primary N) is 2. The maximum absolute atomic E-state index is 11.8. The lowest BCUT2D eigenvalue weighted by molar-refractivity contribution is -0.118. The summed E-state index contributed by atoms with van der Waals surface area (Å²) in [6.45, 7) is 3.79. The molecule has 0 saturated carbocycles. The van der Waals surface area contributed by atoms with Gasteiger partial charge in [-0.1, -0.05) is 6.07 Å². The molecule has 0 bridgehead atoms. The third-order valence-electron chi connectivity index (χ3n) is 2.49. The van der Waals surface area contributed by atoms with E-state index in [4.69, 9.17) is 16.2 Å². The molecule has 0 radical (unpaired) electrons. The Morgan fingerprint density at radius 3 is 2.68 bits per heavy atom. The maximum atomic E-state index is 11.8. The molecule has 0 aromatic heterocycles. The molecule has 6 nitrogen and oxygen atoms in total. The van der Waals surface area contributed by atoms with E-state index in [0.29, 0.717) is 16.9 Å². The number of amides is 1. The quantitative estimate of drug-likeness (QED) is 0.527. The summed E-state index contributed by atoms with van der Waals surface area (Å²) in [5, 5.41) is 3.02. The maximum Gasteiger partial charge on any atom is 0.340 e. The first-order chi connectivity index (χ1) is 8.95. The third-order valence-corrected chi connectivity index (χ3v) is 2.49. The molecule has 0 fully saturated rings. The smallest absolute Gasteiger partial charge is 0.340 e. The fourth-order valence-corrected chi connectivity index (χ4v) is 1.71. The Morgan fingerprint density at radius 2 is 2.11 bits per heavy atom. The van der Waals surface area contributed by atoms with Crippen molar-refractivity contribution in [2.24, 2.45) is 5.73 Å². The largest absolute Gasteiger partial charge is 0.462 e. The molecule has 0 aliphatic carbocycles. The van der Waals surface area contributed by atoms with Crippen LogP contribution >= 0.6 is 0 Å². The Hall–Kier alpha value is -2.24. The zero-order valence-electron chi connectivity index (χ0n) is 11.1.